The molecule has 19 heavy (non-hydrogen) atoms. The van der Waals surface area contributed by atoms with E-state index >= 15 is 0 Å². The molecule has 0 radical (unpaired) electrons. The molecule has 7 heteroatoms. The number of amides is 1. The molecule has 5 nitrogen and oxygen atoms in total. The second-order valence-corrected chi connectivity index (χ2v) is 4.64. The lowest BCUT2D eigenvalue weighted by Crippen LogP contribution is -2.31. The molecule has 2 heterocycles. The third kappa shape index (κ3) is 3.62. The number of pyridine rings is 1. The van der Waals surface area contributed by atoms with Gasteiger partial charge in [0.25, 0.3) is 5.56 Å². The zero-order chi connectivity index (χ0) is 13.8. The Kier molecular flexibility index (Phi) is 4.29. The lowest BCUT2D eigenvalue weighted by atomic mass is 10.4. The molecule has 2 aromatic rings. The van der Waals surface area contributed by atoms with Crippen LogP contribution in [-0.2, 0) is 17.9 Å². The minimum absolute atomic E-state index is 0.0219. The highest BCUT2D eigenvalue weighted by Gasteiger charge is 2.08. The van der Waals surface area contributed by atoms with Gasteiger partial charge in [0.15, 0.2) is 0 Å². The smallest absolute Gasteiger partial charge is 0.269 e. The van der Waals surface area contributed by atoms with Crippen molar-refractivity contribution in [3.8, 4) is 0 Å². The van der Waals surface area contributed by atoms with Crippen LogP contribution in [0.5, 0.6) is 0 Å². The molecule has 1 N–H and O–H groups in total. The molecule has 0 bridgehead atoms. The number of aromatic nitrogens is 1. The van der Waals surface area contributed by atoms with Gasteiger partial charge in [-0.2, -0.15) is 0 Å². The molecular formula is C12H10Cl2N2O3. The van der Waals surface area contributed by atoms with Gasteiger partial charge in [0.05, 0.1) is 17.8 Å². The number of carbonyl (C=O) groups excluding carboxylic acids is 1. The second-order valence-electron chi connectivity index (χ2n) is 3.80. The maximum Gasteiger partial charge on any atom is 0.269 e. The van der Waals surface area contributed by atoms with E-state index < -0.39 is 5.56 Å². The van der Waals surface area contributed by atoms with Crippen molar-refractivity contribution in [1.29, 1.82) is 0 Å². The predicted molar refractivity (Wildman–Crippen MR) is 71.3 cm³/mol. The summed E-state index contributed by atoms with van der Waals surface area (Å²) in [4.78, 5) is 23.3. The van der Waals surface area contributed by atoms with E-state index in [-0.39, 0.29) is 24.0 Å². The molecule has 0 saturated carbocycles. The summed E-state index contributed by atoms with van der Waals surface area (Å²) in [5.74, 6) is 0.293. The second kappa shape index (κ2) is 5.95. The predicted octanol–water partition coefficient (Wildman–Crippen LogP) is 2.06. The minimum atomic E-state index is -0.459. The van der Waals surface area contributed by atoms with Gasteiger partial charge in [-0.25, -0.2) is 0 Å². The lowest BCUT2D eigenvalue weighted by Gasteiger charge is -2.07. The van der Waals surface area contributed by atoms with Crippen molar-refractivity contribution in [3.05, 3.63) is 56.8 Å². The molecule has 0 atom stereocenters. The van der Waals surface area contributed by atoms with Crippen molar-refractivity contribution in [2.24, 2.45) is 0 Å². The Morgan fingerprint density at radius 1 is 1.42 bits per heavy atom. The van der Waals surface area contributed by atoms with Gasteiger partial charge in [-0.1, -0.05) is 23.2 Å². The third-order valence-electron chi connectivity index (χ3n) is 2.36. The van der Waals surface area contributed by atoms with Crippen molar-refractivity contribution < 1.29 is 9.21 Å². The van der Waals surface area contributed by atoms with E-state index in [1.165, 1.54) is 18.5 Å². The van der Waals surface area contributed by atoms with E-state index in [0.29, 0.717) is 10.8 Å². The van der Waals surface area contributed by atoms with Gasteiger partial charge >= 0.3 is 0 Å². The Morgan fingerprint density at radius 3 is 2.89 bits per heavy atom. The topological polar surface area (TPSA) is 64.2 Å². The summed E-state index contributed by atoms with van der Waals surface area (Å²) in [5, 5.41) is 2.89. The van der Waals surface area contributed by atoms with Gasteiger partial charge in [0.2, 0.25) is 5.91 Å². The summed E-state index contributed by atoms with van der Waals surface area (Å²) in [6.45, 7) is 0.106. The molecule has 0 aliphatic heterocycles. The largest absolute Gasteiger partial charge is 0.467 e. The maximum atomic E-state index is 11.7. The molecule has 0 unspecified atom stereocenters. The van der Waals surface area contributed by atoms with Crippen LogP contribution < -0.4 is 10.9 Å². The summed E-state index contributed by atoms with van der Waals surface area (Å²) in [6.07, 6.45) is 2.88. The first-order valence-electron chi connectivity index (χ1n) is 5.41. The monoisotopic (exact) mass is 300 g/mol. The number of nitrogens with zero attached hydrogens (tertiary/aromatic N) is 1. The number of rotatable bonds is 4. The fourth-order valence-corrected chi connectivity index (χ4v) is 2.00. The molecule has 0 aliphatic rings. The summed E-state index contributed by atoms with van der Waals surface area (Å²) in [6, 6.07) is 4.80. The van der Waals surface area contributed by atoms with Crippen LogP contribution in [0.3, 0.4) is 0 Å². The van der Waals surface area contributed by atoms with E-state index in [0.717, 1.165) is 4.57 Å². The van der Waals surface area contributed by atoms with Crippen LogP contribution in [0.1, 0.15) is 5.76 Å². The van der Waals surface area contributed by atoms with Crippen molar-refractivity contribution >= 4 is 29.1 Å². The first-order valence-corrected chi connectivity index (χ1v) is 6.16. The van der Waals surface area contributed by atoms with E-state index in [1.807, 2.05) is 0 Å². The zero-order valence-electron chi connectivity index (χ0n) is 9.73. The lowest BCUT2D eigenvalue weighted by molar-refractivity contribution is -0.121. The Hall–Kier alpha value is -1.72. The van der Waals surface area contributed by atoms with Crippen LogP contribution in [-0.4, -0.2) is 10.5 Å². The number of furan rings is 1. The average Bonchev–Trinajstić information content (AvgIpc) is 2.86. The van der Waals surface area contributed by atoms with Crippen molar-refractivity contribution in [2.45, 2.75) is 13.1 Å². The molecule has 0 aromatic carbocycles. The van der Waals surface area contributed by atoms with Gasteiger partial charge < -0.3 is 14.3 Å². The van der Waals surface area contributed by atoms with E-state index in [4.69, 9.17) is 27.6 Å². The number of halogens is 2. The van der Waals surface area contributed by atoms with Crippen molar-refractivity contribution in [3.63, 3.8) is 0 Å². The number of carbonyl (C=O) groups is 1. The van der Waals surface area contributed by atoms with Crippen LogP contribution in [0.2, 0.25) is 10.0 Å². The first kappa shape index (κ1) is 13.7. The Bertz CT molecular complexity index is 635. The molecule has 100 valence electrons. The standard InChI is InChI=1S/C12H10Cl2N2O3/c13-8-4-10(14)12(18)16(6-8)7-11(17)15-5-9-2-1-3-19-9/h1-4,6H,5,7H2,(H,15,17). The normalized spacial score (nSPS) is 10.4. The van der Waals surface area contributed by atoms with Crippen molar-refractivity contribution in [1.82, 2.24) is 9.88 Å². The Balaban J connectivity index is 2.01. The maximum absolute atomic E-state index is 11.7. The summed E-state index contributed by atoms with van der Waals surface area (Å²) >= 11 is 11.5. The summed E-state index contributed by atoms with van der Waals surface area (Å²) < 4.78 is 6.23. The third-order valence-corrected chi connectivity index (χ3v) is 2.84. The molecule has 0 fully saturated rings. The van der Waals surface area contributed by atoms with Crippen LogP contribution >= 0.6 is 23.2 Å². The quantitative estimate of drug-likeness (QED) is 0.940. The Labute approximate surface area is 118 Å². The van der Waals surface area contributed by atoms with Gasteiger partial charge in [-0.15, -0.1) is 0 Å². The molecule has 1 amide bonds. The van der Waals surface area contributed by atoms with Crippen LogP contribution in [0.4, 0.5) is 0 Å². The van der Waals surface area contributed by atoms with Crippen molar-refractivity contribution in [2.75, 3.05) is 0 Å². The summed E-state index contributed by atoms with van der Waals surface area (Å²) in [5.41, 5.74) is -0.459. The van der Waals surface area contributed by atoms with E-state index in [2.05, 4.69) is 5.32 Å². The SMILES string of the molecule is O=C(Cn1cc(Cl)cc(Cl)c1=O)NCc1ccco1. The fraction of sp³-hybridized carbons (Fsp3) is 0.167. The molecular weight excluding hydrogens is 291 g/mol. The van der Waals surface area contributed by atoms with Gasteiger partial charge in [0, 0.05) is 6.20 Å². The molecule has 0 spiro atoms. The molecule has 0 saturated heterocycles. The minimum Gasteiger partial charge on any atom is -0.467 e. The van der Waals surface area contributed by atoms with E-state index in [9.17, 15) is 9.59 Å². The fourth-order valence-electron chi connectivity index (χ4n) is 1.49. The van der Waals surface area contributed by atoms with Crippen LogP contribution in [0.15, 0.2) is 39.9 Å². The van der Waals surface area contributed by atoms with Crippen LogP contribution in [0, 0.1) is 0 Å². The average molecular weight is 301 g/mol. The Morgan fingerprint density at radius 2 is 2.21 bits per heavy atom. The zero-order valence-corrected chi connectivity index (χ0v) is 11.2. The van der Waals surface area contributed by atoms with Gasteiger partial charge in [-0.05, 0) is 18.2 Å². The number of nitrogens with one attached hydrogen (secondary N) is 1. The molecule has 2 aromatic heterocycles. The van der Waals surface area contributed by atoms with Gasteiger partial charge in [-0.3, -0.25) is 9.59 Å². The van der Waals surface area contributed by atoms with Gasteiger partial charge in [0.1, 0.15) is 17.3 Å². The van der Waals surface area contributed by atoms with E-state index in [1.54, 1.807) is 12.1 Å². The molecule has 0 aliphatic carbocycles. The summed E-state index contributed by atoms with van der Waals surface area (Å²) in [7, 11) is 0. The van der Waals surface area contributed by atoms with Crippen LogP contribution in [0.25, 0.3) is 0 Å². The number of hydrogen-bond acceptors (Lipinski definition) is 3. The highest BCUT2D eigenvalue weighted by Crippen LogP contribution is 2.10. The highest BCUT2D eigenvalue weighted by molar-refractivity contribution is 6.34. The number of hydrogen-bond donors (Lipinski definition) is 1. The highest BCUT2D eigenvalue weighted by atomic mass is 35.5. The molecule has 2 rings (SSSR count). The first-order chi connectivity index (χ1) is 9.06.